The molecule has 2 N–H and O–H groups in total. The average Bonchev–Trinajstić information content (AvgIpc) is 2.43. The molecule has 1 aromatic carbocycles. The third-order valence-electron chi connectivity index (χ3n) is 2.78. The van der Waals surface area contributed by atoms with Crippen molar-refractivity contribution in [3.8, 4) is 0 Å². The standard InChI is InChI=1S/C15H17ClN4O/c1-9(2)19-15-17-7-11(8-18-15)14(21)20-13-6-12(16)5-4-10(13)3/h4-9H,1-3H3,(H,20,21)(H,17,18,19). The lowest BCUT2D eigenvalue weighted by Crippen LogP contribution is -2.16. The van der Waals surface area contributed by atoms with Crippen LogP contribution in [0.15, 0.2) is 30.6 Å². The number of aryl methyl sites for hydroxylation is 1. The minimum atomic E-state index is -0.267. The average molecular weight is 305 g/mol. The molecule has 2 rings (SSSR count). The summed E-state index contributed by atoms with van der Waals surface area (Å²) in [5, 5.41) is 6.44. The van der Waals surface area contributed by atoms with Crippen LogP contribution in [-0.4, -0.2) is 21.9 Å². The second kappa shape index (κ2) is 6.54. The predicted molar refractivity (Wildman–Crippen MR) is 84.9 cm³/mol. The Bertz CT molecular complexity index is 641. The number of hydrogen-bond acceptors (Lipinski definition) is 4. The summed E-state index contributed by atoms with van der Waals surface area (Å²) in [5.74, 6) is 0.233. The molecule has 5 nitrogen and oxygen atoms in total. The van der Waals surface area contributed by atoms with Crippen LogP contribution in [0.1, 0.15) is 29.8 Å². The number of aromatic nitrogens is 2. The summed E-state index contributed by atoms with van der Waals surface area (Å²) >= 11 is 5.93. The Kier molecular flexibility index (Phi) is 4.75. The predicted octanol–water partition coefficient (Wildman–Crippen LogP) is 3.51. The highest BCUT2D eigenvalue weighted by Crippen LogP contribution is 2.20. The quantitative estimate of drug-likeness (QED) is 0.907. The van der Waals surface area contributed by atoms with Crippen molar-refractivity contribution in [1.82, 2.24) is 9.97 Å². The number of anilines is 2. The molecule has 0 aliphatic heterocycles. The van der Waals surface area contributed by atoms with Gasteiger partial charge in [0.05, 0.1) is 5.56 Å². The minimum Gasteiger partial charge on any atom is -0.352 e. The van der Waals surface area contributed by atoms with Crippen LogP contribution in [0.2, 0.25) is 5.02 Å². The van der Waals surface area contributed by atoms with Gasteiger partial charge in [-0.3, -0.25) is 4.79 Å². The van der Waals surface area contributed by atoms with E-state index < -0.39 is 0 Å². The van der Waals surface area contributed by atoms with Gasteiger partial charge >= 0.3 is 0 Å². The van der Waals surface area contributed by atoms with Gasteiger partial charge in [0.1, 0.15) is 0 Å². The van der Waals surface area contributed by atoms with E-state index in [-0.39, 0.29) is 11.9 Å². The zero-order valence-electron chi connectivity index (χ0n) is 12.1. The van der Waals surface area contributed by atoms with E-state index in [1.165, 1.54) is 12.4 Å². The highest BCUT2D eigenvalue weighted by Gasteiger charge is 2.10. The Balaban J connectivity index is 2.11. The molecular formula is C15H17ClN4O. The molecular weight excluding hydrogens is 288 g/mol. The number of hydrogen-bond donors (Lipinski definition) is 2. The zero-order chi connectivity index (χ0) is 15.4. The molecule has 0 saturated carbocycles. The third kappa shape index (κ3) is 4.16. The van der Waals surface area contributed by atoms with Gasteiger partial charge in [0, 0.05) is 29.1 Å². The first-order valence-corrected chi connectivity index (χ1v) is 6.99. The first-order valence-electron chi connectivity index (χ1n) is 6.62. The van der Waals surface area contributed by atoms with Crippen LogP contribution in [-0.2, 0) is 0 Å². The first kappa shape index (κ1) is 15.3. The van der Waals surface area contributed by atoms with E-state index in [4.69, 9.17) is 11.6 Å². The molecule has 21 heavy (non-hydrogen) atoms. The fourth-order valence-electron chi connectivity index (χ4n) is 1.70. The molecule has 0 bridgehead atoms. The van der Waals surface area contributed by atoms with E-state index in [2.05, 4.69) is 20.6 Å². The van der Waals surface area contributed by atoms with Crippen LogP contribution < -0.4 is 10.6 Å². The van der Waals surface area contributed by atoms with Gasteiger partial charge in [-0.05, 0) is 38.5 Å². The van der Waals surface area contributed by atoms with Gasteiger partial charge in [0.25, 0.3) is 5.91 Å². The second-order valence-corrected chi connectivity index (χ2v) is 5.44. The van der Waals surface area contributed by atoms with E-state index in [1.807, 2.05) is 26.8 Å². The highest BCUT2D eigenvalue weighted by molar-refractivity contribution is 6.31. The molecule has 0 aliphatic rings. The Morgan fingerprint density at radius 1 is 1.24 bits per heavy atom. The molecule has 0 radical (unpaired) electrons. The smallest absolute Gasteiger partial charge is 0.258 e. The summed E-state index contributed by atoms with van der Waals surface area (Å²) in [4.78, 5) is 20.4. The van der Waals surface area contributed by atoms with Gasteiger partial charge in [0.15, 0.2) is 0 Å². The van der Waals surface area contributed by atoms with Crippen LogP contribution in [0.25, 0.3) is 0 Å². The summed E-state index contributed by atoms with van der Waals surface area (Å²) in [6, 6.07) is 5.58. The lowest BCUT2D eigenvalue weighted by molar-refractivity contribution is 0.102. The largest absolute Gasteiger partial charge is 0.352 e. The van der Waals surface area contributed by atoms with Crippen LogP contribution in [0.4, 0.5) is 11.6 Å². The first-order chi connectivity index (χ1) is 9.95. The van der Waals surface area contributed by atoms with Crippen LogP contribution in [0.3, 0.4) is 0 Å². The van der Waals surface area contributed by atoms with Crippen molar-refractivity contribution in [2.45, 2.75) is 26.8 Å². The van der Waals surface area contributed by atoms with Crippen molar-refractivity contribution >= 4 is 29.1 Å². The van der Waals surface area contributed by atoms with E-state index in [9.17, 15) is 4.79 Å². The molecule has 110 valence electrons. The van der Waals surface area contributed by atoms with Gasteiger partial charge in [-0.2, -0.15) is 0 Å². The van der Waals surface area contributed by atoms with Crippen LogP contribution >= 0.6 is 11.6 Å². The molecule has 0 atom stereocenters. The minimum absolute atomic E-state index is 0.235. The maximum atomic E-state index is 12.2. The number of carbonyl (C=O) groups excluding carboxylic acids is 1. The van der Waals surface area contributed by atoms with E-state index in [1.54, 1.807) is 12.1 Å². The molecule has 1 aromatic heterocycles. The number of nitrogens with one attached hydrogen (secondary N) is 2. The number of amides is 1. The lowest BCUT2D eigenvalue weighted by Gasteiger charge is -2.10. The highest BCUT2D eigenvalue weighted by atomic mass is 35.5. The molecule has 6 heteroatoms. The molecule has 0 aliphatic carbocycles. The van der Waals surface area contributed by atoms with Gasteiger partial charge in [-0.1, -0.05) is 17.7 Å². The zero-order valence-corrected chi connectivity index (χ0v) is 12.9. The number of benzene rings is 1. The van der Waals surface area contributed by atoms with Crippen molar-refractivity contribution in [2.75, 3.05) is 10.6 Å². The summed E-state index contributed by atoms with van der Waals surface area (Å²) in [6.45, 7) is 5.88. The van der Waals surface area contributed by atoms with Crippen molar-refractivity contribution in [3.05, 3.63) is 46.7 Å². The van der Waals surface area contributed by atoms with Crippen LogP contribution in [0, 0.1) is 6.92 Å². The summed E-state index contributed by atoms with van der Waals surface area (Å²) in [7, 11) is 0. The Labute approximate surface area is 128 Å². The van der Waals surface area contributed by atoms with Gasteiger partial charge in [-0.25, -0.2) is 9.97 Å². The van der Waals surface area contributed by atoms with E-state index in [0.29, 0.717) is 22.2 Å². The fraction of sp³-hybridized carbons (Fsp3) is 0.267. The van der Waals surface area contributed by atoms with Crippen molar-refractivity contribution in [2.24, 2.45) is 0 Å². The van der Waals surface area contributed by atoms with Gasteiger partial charge in [0.2, 0.25) is 5.95 Å². The third-order valence-corrected chi connectivity index (χ3v) is 3.01. The molecule has 2 aromatic rings. The number of carbonyl (C=O) groups is 1. The molecule has 0 fully saturated rings. The number of rotatable bonds is 4. The maximum absolute atomic E-state index is 12.2. The van der Waals surface area contributed by atoms with Crippen LogP contribution in [0.5, 0.6) is 0 Å². The Hall–Kier alpha value is -2.14. The second-order valence-electron chi connectivity index (χ2n) is 5.01. The van der Waals surface area contributed by atoms with Gasteiger partial charge in [-0.15, -0.1) is 0 Å². The molecule has 0 spiro atoms. The summed E-state index contributed by atoms with van der Waals surface area (Å²) < 4.78 is 0. The molecule has 0 unspecified atom stereocenters. The molecule has 1 amide bonds. The maximum Gasteiger partial charge on any atom is 0.258 e. The summed E-state index contributed by atoms with van der Waals surface area (Å²) in [5.41, 5.74) is 2.01. The van der Waals surface area contributed by atoms with Crippen molar-refractivity contribution in [1.29, 1.82) is 0 Å². The SMILES string of the molecule is Cc1ccc(Cl)cc1NC(=O)c1cnc(NC(C)C)nc1. The van der Waals surface area contributed by atoms with Crippen molar-refractivity contribution in [3.63, 3.8) is 0 Å². The normalized spacial score (nSPS) is 10.5. The number of halogens is 1. The topological polar surface area (TPSA) is 66.9 Å². The molecule has 1 heterocycles. The monoisotopic (exact) mass is 304 g/mol. The lowest BCUT2D eigenvalue weighted by atomic mass is 10.2. The van der Waals surface area contributed by atoms with Gasteiger partial charge < -0.3 is 10.6 Å². The van der Waals surface area contributed by atoms with E-state index in [0.717, 1.165) is 5.56 Å². The number of nitrogens with zero attached hydrogens (tertiary/aromatic N) is 2. The van der Waals surface area contributed by atoms with E-state index >= 15 is 0 Å². The Morgan fingerprint density at radius 3 is 2.52 bits per heavy atom. The summed E-state index contributed by atoms with van der Waals surface area (Å²) in [6.07, 6.45) is 2.99. The molecule has 0 saturated heterocycles. The van der Waals surface area contributed by atoms with Crippen molar-refractivity contribution < 1.29 is 4.79 Å². The Morgan fingerprint density at radius 2 is 1.90 bits per heavy atom. The fourth-order valence-corrected chi connectivity index (χ4v) is 1.87.